The largest absolute Gasteiger partial charge is 0.370 e. The molecule has 0 aliphatic carbocycles. The molecule has 1 amide bonds. The van der Waals surface area contributed by atoms with Gasteiger partial charge in [0.1, 0.15) is 0 Å². The maximum Gasteiger partial charge on any atom is 0.237 e. The van der Waals surface area contributed by atoms with Gasteiger partial charge in [-0.2, -0.15) is 0 Å². The van der Waals surface area contributed by atoms with E-state index < -0.39 is 12.1 Å². The van der Waals surface area contributed by atoms with E-state index in [1.807, 2.05) is 0 Å². The molecule has 0 aromatic carbocycles. The van der Waals surface area contributed by atoms with Crippen molar-refractivity contribution in [2.24, 2.45) is 11.5 Å². The van der Waals surface area contributed by atoms with Crippen LogP contribution >= 0.6 is 0 Å². The molecule has 0 unspecified atom stereocenters. The second kappa shape index (κ2) is 7.63. The lowest BCUT2D eigenvalue weighted by Gasteiger charge is -2.13. The molecule has 0 aromatic rings. The molecule has 7 heteroatoms. The van der Waals surface area contributed by atoms with Crippen molar-refractivity contribution in [2.75, 3.05) is 6.54 Å². The van der Waals surface area contributed by atoms with Crippen molar-refractivity contribution in [2.45, 2.75) is 31.8 Å². The van der Waals surface area contributed by atoms with Gasteiger partial charge >= 0.3 is 0 Å². The molecule has 7 nitrogen and oxygen atoms in total. The summed E-state index contributed by atoms with van der Waals surface area (Å²) in [5.41, 5.74) is 10.4. The van der Waals surface area contributed by atoms with Crippen molar-refractivity contribution in [3.8, 4) is 0 Å². The van der Waals surface area contributed by atoms with Crippen LogP contribution in [0.4, 0.5) is 0 Å². The number of hydrogen-bond acceptors (Lipinski definition) is 4. The van der Waals surface area contributed by atoms with Crippen LogP contribution in [0, 0.1) is 5.41 Å². The van der Waals surface area contributed by atoms with Gasteiger partial charge in [0.15, 0.2) is 5.96 Å². The molecule has 0 aliphatic heterocycles. The number of rotatable bonds is 7. The van der Waals surface area contributed by atoms with E-state index in [0.717, 1.165) is 0 Å². The molecule has 0 heterocycles. The Morgan fingerprint density at radius 2 is 2.19 bits per heavy atom. The SMILES string of the molecule is C[C@H](N)C(=O)N[C@H]([C]=O)CCCNC(=N)N. The van der Waals surface area contributed by atoms with E-state index in [0.29, 0.717) is 19.4 Å². The van der Waals surface area contributed by atoms with Gasteiger partial charge in [-0.05, 0) is 19.8 Å². The Morgan fingerprint density at radius 1 is 1.56 bits per heavy atom. The maximum atomic E-state index is 11.2. The van der Waals surface area contributed by atoms with Gasteiger partial charge in [0.05, 0.1) is 12.1 Å². The molecular weight excluding hydrogens is 210 g/mol. The quantitative estimate of drug-likeness (QED) is 0.199. The molecular formula is C9H18N5O2. The summed E-state index contributed by atoms with van der Waals surface area (Å²) in [6.07, 6.45) is 2.75. The van der Waals surface area contributed by atoms with E-state index >= 15 is 0 Å². The molecule has 1 radical (unpaired) electrons. The summed E-state index contributed by atoms with van der Waals surface area (Å²) >= 11 is 0. The maximum absolute atomic E-state index is 11.2. The predicted octanol–water partition coefficient (Wildman–Crippen LogP) is -1.81. The third-order valence-corrected chi connectivity index (χ3v) is 1.86. The summed E-state index contributed by atoms with van der Waals surface area (Å²) in [5, 5.41) is 11.9. The molecule has 0 saturated carbocycles. The van der Waals surface area contributed by atoms with Gasteiger partial charge in [-0.25, -0.2) is 0 Å². The van der Waals surface area contributed by atoms with Crippen molar-refractivity contribution >= 4 is 18.2 Å². The van der Waals surface area contributed by atoms with E-state index in [2.05, 4.69) is 10.6 Å². The first kappa shape index (κ1) is 14.4. The number of guanidine groups is 1. The minimum atomic E-state index is -0.660. The van der Waals surface area contributed by atoms with Crippen molar-refractivity contribution in [1.29, 1.82) is 5.41 Å². The molecule has 0 aromatic heterocycles. The Morgan fingerprint density at radius 3 is 2.62 bits per heavy atom. The molecule has 2 atom stereocenters. The van der Waals surface area contributed by atoms with Gasteiger partial charge in [-0.1, -0.05) is 0 Å². The fraction of sp³-hybridized carbons (Fsp3) is 0.667. The molecule has 0 saturated heterocycles. The average Bonchev–Trinajstić information content (AvgIpc) is 2.21. The minimum absolute atomic E-state index is 0.119. The molecule has 7 N–H and O–H groups in total. The summed E-state index contributed by atoms with van der Waals surface area (Å²) in [6, 6.07) is -1.31. The number of nitrogens with one attached hydrogen (secondary N) is 3. The van der Waals surface area contributed by atoms with Crippen LogP contribution in [0.5, 0.6) is 0 Å². The van der Waals surface area contributed by atoms with Crippen molar-refractivity contribution in [3.63, 3.8) is 0 Å². The van der Waals surface area contributed by atoms with Gasteiger partial charge in [0.25, 0.3) is 0 Å². The van der Waals surface area contributed by atoms with E-state index in [9.17, 15) is 9.59 Å². The van der Waals surface area contributed by atoms with E-state index in [1.54, 1.807) is 6.29 Å². The molecule has 0 aliphatic rings. The topological polar surface area (TPSA) is 134 Å². The Balaban J connectivity index is 3.79. The Kier molecular flexibility index (Phi) is 6.86. The van der Waals surface area contributed by atoms with Crippen LogP contribution in [0.1, 0.15) is 19.8 Å². The Hall–Kier alpha value is -1.63. The highest BCUT2D eigenvalue weighted by Gasteiger charge is 2.14. The molecule has 0 spiro atoms. The lowest BCUT2D eigenvalue weighted by molar-refractivity contribution is -0.122. The van der Waals surface area contributed by atoms with Crippen molar-refractivity contribution < 1.29 is 9.59 Å². The number of nitrogens with two attached hydrogens (primary N) is 2. The predicted molar refractivity (Wildman–Crippen MR) is 60.4 cm³/mol. The second-order valence-electron chi connectivity index (χ2n) is 3.45. The first-order valence-electron chi connectivity index (χ1n) is 4.99. The van der Waals surface area contributed by atoms with Crippen LogP contribution in [-0.4, -0.2) is 36.8 Å². The van der Waals surface area contributed by atoms with E-state index in [4.69, 9.17) is 16.9 Å². The zero-order chi connectivity index (χ0) is 12.6. The molecule has 91 valence electrons. The van der Waals surface area contributed by atoms with Crippen LogP contribution < -0.4 is 22.1 Å². The molecule has 0 rings (SSSR count). The summed E-state index contributed by atoms with van der Waals surface area (Å²) < 4.78 is 0. The minimum Gasteiger partial charge on any atom is -0.370 e. The molecule has 0 bridgehead atoms. The van der Waals surface area contributed by atoms with Crippen molar-refractivity contribution in [1.82, 2.24) is 10.6 Å². The fourth-order valence-corrected chi connectivity index (χ4v) is 0.993. The highest BCUT2D eigenvalue weighted by Crippen LogP contribution is 1.94. The summed E-state index contributed by atoms with van der Waals surface area (Å²) in [5.74, 6) is -0.501. The number of carbonyl (C=O) groups excluding carboxylic acids is 2. The van der Waals surface area contributed by atoms with Crippen LogP contribution in [0.3, 0.4) is 0 Å². The third kappa shape index (κ3) is 6.77. The van der Waals surface area contributed by atoms with Gasteiger partial charge in [-0.3, -0.25) is 15.0 Å². The van der Waals surface area contributed by atoms with E-state index in [1.165, 1.54) is 6.92 Å². The van der Waals surface area contributed by atoms with Gasteiger partial charge in [0, 0.05) is 6.54 Å². The van der Waals surface area contributed by atoms with Crippen LogP contribution in [0.2, 0.25) is 0 Å². The monoisotopic (exact) mass is 228 g/mol. The number of carbonyl (C=O) groups is 1. The second-order valence-corrected chi connectivity index (χ2v) is 3.45. The lowest BCUT2D eigenvalue weighted by atomic mass is 10.1. The van der Waals surface area contributed by atoms with Crippen LogP contribution in [-0.2, 0) is 9.59 Å². The van der Waals surface area contributed by atoms with Crippen LogP contribution in [0.15, 0.2) is 0 Å². The Bertz CT molecular complexity index is 254. The lowest BCUT2D eigenvalue weighted by Crippen LogP contribution is -2.44. The van der Waals surface area contributed by atoms with Gasteiger partial charge < -0.3 is 22.1 Å². The van der Waals surface area contributed by atoms with E-state index in [-0.39, 0.29) is 11.9 Å². The highest BCUT2D eigenvalue weighted by molar-refractivity contribution is 5.83. The normalized spacial score (nSPS) is 13.6. The van der Waals surface area contributed by atoms with Gasteiger partial charge in [0.2, 0.25) is 12.2 Å². The zero-order valence-corrected chi connectivity index (χ0v) is 9.25. The first-order chi connectivity index (χ1) is 7.47. The highest BCUT2D eigenvalue weighted by atomic mass is 16.2. The summed E-state index contributed by atoms with van der Waals surface area (Å²) in [7, 11) is 0. The summed E-state index contributed by atoms with van der Waals surface area (Å²) in [4.78, 5) is 21.7. The zero-order valence-electron chi connectivity index (χ0n) is 9.25. The Labute approximate surface area is 94.4 Å². The smallest absolute Gasteiger partial charge is 0.237 e. The van der Waals surface area contributed by atoms with Crippen molar-refractivity contribution in [3.05, 3.63) is 0 Å². The molecule has 16 heavy (non-hydrogen) atoms. The van der Waals surface area contributed by atoms with Crippen LogP contribution in [0.25, 0.3) is 0 Å². The third-order valence-electron chi connectivity index (χ3n) is 1.86. The molecule has 0 fully saturated rings. The van der Waals surface area contributed by atoms with Gasteiger partial charge in [-0.15, -0.1) is 0 Å². The first-order valence-corrected chi connectivity index (χ1v) is 4.99. The average molecular weight is 228 g/mol. The fourth-order valence-electron chi connectivity index (χ4n) is 0.993. The standard InChI is InChI=1S/C9H18N5O2/c1-6(10)8(16)14-7(5-15)3-2-4-13-9(11)12/h6-7H,2-4,10H2,1H3,(H,14,16)(H4,11,12,13)/t6-,7-/m0/s1. The summed E-state index contributed by atoms with van der Waals surface area (Å²) in [6.45, 7) is 2.01. The number of hydrogen-bond donors (Lipinski definition) is 5. The number of amides is 1.